The average Bonchev–Trinajstić information content (AvgIpc) is 2.99. The van der Waals surface area contributed by atoms with Gasteiger partial charge in [0.05, 0.1) is 0 Å². The Bertz CT molecular complexity index is 475. The molecule has 2 fully saturated rings. The smallest absolute Gasteiger partial charge is 0.225 e. The van der Waals surface area contributed by atoms with Gasteiger partial charge in [0.1, 0.15) is 0 Å². The first-order chi connectivity index (χ1) is 8.66. The Morgan fingerprint density at radius 2 is 2.22 bits per heavy atom. The lowest BCUT2D eigenvalue weighted by molar-refractivity contribution is 0.313. The van der Waals surface area contributed by atoms with Gasteiger partial charge in [0.2, 0.25) is 5.95 Å². The van der Waals surface area contributed by atoms with Crippen molar-refractivity contribution >= 4 is 18.2 Å². The molecule has 0 radical (unpaired) electrons. The fourth-order valence-electron chi connectivity index (χ4n) is 2.84. The molecular weight excluding hydrogens is 246 g/mol. The zero-order valence-corrected chi connectivity index (χ0v) is 11.9. The van der Waals surface area contributed by atoms with E-state index in [1.807, 2.05) is 0 Å². The molecular formula is C12H21N5S. The zero-order valence-electron chi connectivity index (χ0n) is 11.1. The number of likely N-dealkylation sites (tertiary alicyclic amines) is 1. The van der Waals surface area contributed by atoms with E-state index in [2.05, 4.69) is 38.7 Å². The summed E-state index contributed by atoms with van der Waals surface area (Å²) in [7, 11) is 4.33. The highest BCUT2D eigenvalue weighted by Crippen LogP contribution is 2.37. The van der Waals surface area contributed by atoms with Crippen molar-refractivity contribution in [1.82, 2.24) is 19.7 Å². The second kappa shape index (κ2) is 4.66. The standard InChI is InChI=1S/C12H21N5S/c1-15-7-3-4-10(15)8-16(2)11-13-14-12(18)17(11)9-5-6-9/h9-10H,3-8H2,1-2H3,(H,14,18). The maximum atomic E-state index is 5.32. The molecule has 1 saturated heterocycles. The fraction of sp³-hybridized carbons (Fsp3) is 0.833. The summed E-state index contributed by atoms with van der Waals surface area (Å²) in [5.41, 5.74) is 0. The molecule has 2 aliphatic rings. The number of H-pyrrole nitrogens is 1. The average molecular weight is 267 g/mol. The molecule has 1 unspecified atom stereocenters. The molecule has 1 aliphatic carbocycles. The number of aromatic amines is 1. The highest BCUT2D eigenvalue weighted by Gasteiger charge is 2.30. The normalized spacial score (nSPS) is 24.7. The van der Waals surface area contributed by atoms with Crippen molar-refractivity contribution in [2.45, 2.75) is 37.8 Å². The van der Waals surface area contributed by atoms with E-state index in [1.54, 1.807) is 0 Å². The fourth-order valence-corrected chi connectivity index (χ4v) is 3.11. The SMILES string of the molecule is CN(CC1CCCN1C)c1n[nH]c(=S)n1C1CC1. The van der Waals surface area contributed by atoms with Crippen LogP contribution < -0.4 is 4.90 Å². The van der Waals surface area contributed by atoms with Gasteiger partial charge in [-0.1, -0.05) is 0 Å². The molecule has 1 aliphatic heterocycles. The van der Waals surface area contributed by atoms with Gasteiger partial charge < -0.3 is 9.80 Å². The summed E-state index contributed by atoms with van der Waals surface area (Å²) in [5.74, 6) is 1.00. The van der Waals surface area contributed by atoms with Gasteiger partial charge in [-0.15, -0.1) is 5.10 Å². The van der Waals surface area contributed by atoms with Crippen molar-refractivity contribution in [3.8, 4) is 0 Å². The molecule has 18 heavy (non-hydrogen) atoms. The van der Waals surface area contributed by atoms with Crippen LogP contribution in [-0.2, 0) is 0 Å². The van der Waals surface area contributed by atoms with Crippen molar-refractivity contribution < 1.29 is 0 Å². The number of rotatable bonds is 4. The lowest BCUT2D eigenvalue weighted by atomic mass is 10.2. The van der Waals surface area contributed by atoms with Crippen molar-refractivity contribution in [2.24, 2.45) is 0 Å². The molecule has 1 aromatic rings. The van der Waals surface area contributed by atoms with Gasteiger partial charge in [-0.2, -0.15) is 0 Å². The van der Waals surface area contributed by atoms with Gasteiger partial charge in [-0.25, -0.2) is 5.10 Å². The summed E-state index contributed by atoms with van der Waals surface area (Å²) >= 11 is 5.32. The Morgan fingerprint density at radius 3 is 2.83 bits per heavy atom. The lowest BCUT2D eigenvalue weighted by Crippen LogP contribution is -2.37. The highest BCUT2D eigenvalue weighted by atomic mass is 32.1. The number of hydrogen-bond donors (Lipinski definition) is 1. The minimum Gasteiger partial charge on any atom is -0.342 e. The van der Waals surface area contributed by atoms with Crippen LogP contribution in [0.5, 0.6) is 0 Å². The summed E-state index contributed by atoms with van der Waals surface area (Å²) in [6.45, 7) is 2.25. The van der Waals surface area contributed by atoms with Gasteiger partial charge >= 0.3 is 0 Å². The molecule has 1 atom stereocenters. The van der Waals surface area contributed by atoms with Crippen molar-refractivity contribution in [3.63, 3.8) is 0 Å². The van der Waals surface area contributed by atoms with Gasteiger partial charge in [0, 0.05) is 25.7 Å². The number of anilines is 1. The highest BCUT2D eigenvalue weighted by molar-refractivity contribution is 7.71. The molecule has 3 rings (SSSR count). The number of nitrogens with one attached hydrogen (secondary N) is 1. The van der Waals surface area contributed by atoms with Crippen LogP contribution in [0.1, 0.15) is 31.7 Å². The van der Waals surface area contributed by atoms with E-state index in [0.29, 0.717) is 12.1 Å². The molecule has 100 valence electrons. The van der Waals surface area contributed by atoms with Crippen LogP contribution in [0.4, 0.5) is 5.95 Å². The molecule has 2 heterocycles. The largest absolute Gasteiger partial charge is 0.342 e. The minimum absolute atomic E-state index is 0.579. The lowest BCUT2D eigenvalue weighted by Gasteiger charge is -2.26. The Morgan fingerprint density at radius 1 is 1.44 bits per heavy atom. The third kappa shape index (κ3) is 2.19. The third-order valence-electron chi connectivity index (χ3n) is 4.10. The number of aromatic nitrogens is 3. The number of likely N-dealkylation sites (N-methyl/N-ethyl adjacent to an activating group) is 2. The molecule has 6 heteroatoms. The Balaban J connectivity index is 1.75. The van der Waals surface area contributed by atoms with E-state index >= 15 is 0 Å². The molecule has 0 amide bonds. The third-order valence-corrected chi connectivity index (χ3v) is 4.38. The van der Waals surface area contributed by atoms with E-state index in [0.717, 1.165) is 17.3 Å². The first-order valence-corrected chi connectivity index (χ1v) is 7.16. The first kappa shape index (κ1) is 12.2. The number of nitrogens with zero attached hydrogens (tertiary/aromatic N) is 4. The Kier molecular flexibility index (Phi) is 3.15. The molecule has 0 spiro atoms. The van der Waals surface area contributed by atoms with Crippen LogP contribution in [0.25, 0.3) is 0 Å². The van der Waals surface area contributed by atoms with Crippen molar-refractivity contribution in [3.05, 3.63) is 4.77 Å². The van der Waals surface area contributed by atoms with Gasteiger partial charge in [0.25, 0.3) is 0 Å². The molecule has 5 nitrogen and oxygen atoms in total. The monoisotopic (exact) mass is 267 g/mol. The quantitative estimate of drug-likeness (QED) is 0.845. The summed E-state index contributed by atoms with van der Waals surface area (Å²) in [6.07, 6.45) is 5.07. The minimum atomic E-state index is 0.579. The number of hydrogen-bond acceptors (Lipinski definition) is 4. The second-order valence-corrected chi connectivity index (χ2v) is 5.97. The van der Waals surface area contributed by atoms with Crippen molar-refractivity contribution in [2.75, 3.05) is 32.1 Å². The summed E-state index contributed by atoms with van der Waals surface area (Å²) in [4.78, 5) is 4.69. The van der Waals surface area contributed by atoms with Gasteiger partial charge in [0.15, 0.2) is 4.77 Å². The molecule has 1 N–H and O–H groups in total. The van der Waals surface area contributed by atoms with E-state index in [1.165, 1.54) is 32.2 Å². The Labute approximate surface area is 113 Å². The van der Waals surface area contributed by atoms with Crippen LogP contribution in [-0.4, -0.2) is 52.9 Å². The maximum absolute atomic E-state index is 5.32. The second-order valence-electron chi connectivity index (χ2n) is 5.59. The van der Waals surface area contributed by atoms with Crippen LogP contribution in [0.3, 0.4) is 0 Å². The van der Waals surface area contributed by atoms with E-state index in [4.69, 9.17) is 12.2 Å². The van der Waals surface area contributed by atoms with Crippen LogP contribution >= 0.6 is 12.2 Å². The summed E-state index contributed by atoms with van der Waals surface area (Å²) < 4.78 is 2.95. The Hall–Kier alpha value is -0.880. The maximum Gasteiger partial charge on any atom is 0.225 e. The first-order valence-electron chi connectivity index (χ1n) is 6.75. The van der Waals surface area contributed by atoms with Gasteiger partial charge in [-0.05, 0) is 51.5 Å². The molecule has 1 saturated carbocycles. The van der Waals surface area contributed by atoms with E-state index in [9.17, 15) is 0 Å². The molecule has 1 aromatic heterocycles. The van der Waals surface area contributed by atoms with Crippen LogP contribution in [0.15, 0.2) is 0 Å². The van der Waals surface area contributed by atoms with E-state index in [-0.39, 0.29) is 0 Å². The summed E-state index contributed by atoms with van der Waals surface area (Å²) in [5, 5.41) is 7.33. The molecule has 0 aromatic carbocycles. The topological polar surface area (TPSA) is 40.1 Å². The zero-order chi connectivity index (χ0) is 12.7. The van der Waals surface area contributed by atoms with Gasteiger partial charge in [-0.3, -0.25) is 4.57 Å². The predicted molar refractivity (Wildman–Crippen MR) is 74.6 cm³/mol. The van der Waals surface area contributed by atoms with Crippen LogP contribution in [0.2, 0.25) is 0 Å². The van der Waals surface area contributed by atoms with Crippen molar-refractivity contribution in [1.29, 1.82) is 0 Å². The molecule has 0 bridgehead atoms. The predicted octanol–water partition coefficient (Wildman–Crippen LogP) is 1.81. The van der Waals surface area contributed by atoms with Crippen LogP contribution in [0, 0.1) is 4.77 Å². The van der Waals surface area contributed by atoms with E-state index < -0.39 is 0 Å². The summed E-state index contributed by atoms with van der Waals surface area (Å²) in [6, 6.07) is 1.22.